The highest BCUT2D eigenvalue weighted by molar-refractivity contribution is 6.30. The van der Waals surface area contributed by atoms with Crippen LogP contribution in [0.15, 0.2) is 18.3 Å². The van der Waals surface area contributed by atoms with Crippen molar-refractivity contribution >= 4 is 29.3 Å². The number of amides is 1. The predicted octanol–water partition coefficient (Wildman–Crippen LogP) is 2.18. The summed E-state index contributed by atoms with van der Waals surface area (Å²) in [4.78, 5) is 24.4. The molecule has 0 spiro atoms. The van der Waals surface area contributed by atoms with Crippen LogP contribution in [0.3, 0.4) is 0 Å². The van der Waals surface area contributed by atoms with Gasteiger partial charge in [-0.25, -0.2) is 4.98 Å². The summed E-state index contributed by atoms with van der Waals surface area (Å²) < 4.78 is 0. The van der Waals surface area contributed by atoms with Crippen LogP contribution in [0.4, 0.5) is 5.69 Å². The Kier molecular flexibility index (Phi) is 5.26. The summed E-state index contributed by atoms with van der Waals surface area (Å²) in [6, 6.07) is 1.35. The highest BCUT2D eigenvalue weighted by Crippen LogP contribution is 2.20. The van der Waals surface area contributed by atoms with Crippen LogP contribution in [0.1, 0.15) is 18.9 Å². The minimum atomic E-state index is -0.530. The van der Waals surface area contributed by atoms with E-state index in [0.717, 1.165) is 6.20 Å². The van der Waals surface area contributed by atoms with E-state index < -0.39 is 4.92 Å². The Morgan fingerprint density at radius 2 is 2.39 bits per heavy atom. The van der Waals surface area contributed by atoms with Crippen molar-refractivity contribution in [1.29, 1.82) is 0 Å². The molecule has 1 aromatic heterocycles. The molecule has 0 unspecified atom stereocenters. The van der Waals surface area contributed by atoms with Gasteiger partial charge in [0.15, 0.2) is 0 Å². The third kappa shape index (κ3) is 4.50. The van der Waals surface area contributed by atoms with Crippen molar-refractivity contribution in [2.75, 3.05) is 6.54 Å². The Balaban J connectivity index is 2.65. The number of halogens is 1. The van der Waals surface area contributed by atoms with Crippen molar-refractivity contribution < 1.29 is 9.72 Å². The topological polar surface area (TPSA) is 85.1 Å². The van der Waals surface area contributed by atoms with Crippen molar-refractivity contribution in [3.63, 3.8) is 0 Å². The van der Waals surface area contributed by atoms with E-state index in [0.29, 0.717) is 18.5 Å². The van der Waals surface area contributed by atoms with Crippen LogP contribution in [-0.4, -0.2) is 22.4 Å². The molecule has 0 saturated carbocycles. The zero-order valence-corrected chi connectivity index (χ0v) is 10.5. The molecule has 1 N–H and O–H groups in total. The van der Waals surface area contributed by atoms with Gasteiger partial charge in [0, 0.05) is 25.1 Å². The summed E-state index contributed by atoms with van der Waals surface area (Å²) in [6.07, 6.45) is 5.13. The zero-order chi connectivity index (χ0) is 13.5. The second-order valence-electron chi connectivity index (χ2n) is 3.50. The number of nitro groups is 1. The molecule has 6 nitrogen and oxygen atoms in total. The van der Waals surface area contributed by atoms with Crippen LogP contribution < -0.4 is 5.32 Å². The number of hydrogen-bond acceptors (Lipinski definition) is 4. The van der Waals surface area contributed by atoms with Crippen molar-refractivity contribution in [1.82, 2.24) is 10.3 Å². The van der Waals surface area contributed by atoms with Crippen LogP contribution in [0, 0.1) is 10.1 Å². The summed E-state index contributed by atoms with van der Waals surface area (Å²) in [5, 5.41) is 13.4. The van der Waals surface area contributed by atoms with Gasteiger partial charge in [-0.3, -0.25) is 14.9 Å². The van der Waals surface area contributed by atoms with Gasteiger partial charge in [-0.05, 0) is 6.42 Å². The minimum absolute atomic E-state index is 0.0987. The van der Waals surface area contributed by atoms with Crippen LogP contribution in [0.2, 0.25) is 5.15 Å². The van der Waals surface area contributed by atoms with E-state index >= 15 is 0 Å². The molecule has 0 aliphatic heterocycles. The molecule has 1 heterocycles. The summed E-state index contributed by atoms with van der Waals surface area (Å²) in [5.74, 6) is -0.0987. The molecule has 0 aliphatic carbocycles. The van der Waals surface area contributed by atoms with Crippen molar-refractivity contribution in [2.24, 2.45) is 0 Å². The lowest BCUT2D eigenvalue weighted by Crippen LogP contribution is -2.20. The maximum absolute atomic E-state index is 10.6. The van der Waals surface area contributed by atoms with Crippen molar-refractivity contribution in [3.8, 4) is 0 Å². The lowest BCUT2D eigenvalue weighted by Gasteiger charge is -1.99. The summed E-state index contributed by atoms with van der Waals surface area (Å²) in [7, 11) is 0. The fourth-order valence-electron chi connectivity index (χ4n) is 1.21. The summed E-state index contributed by atoms with van der Waals surface area (Å²) >= 11 is 5.81. The Hall–Kier alpha value is -1.95. The molecule has 18 heavy (non-hydrogen) atoms. The largest absolute Gasteiger partial charge is 0.356 e. The Labute approximate surface area is 109 Å². The normalized spacial score (nSPS) is 10.6. The third-order valence-corrected chi connectivity index (χ3v) is 2.36. The molecule has 0 radical (unpaired) electrons. The highest BCUT2D eigenvalue weighted by atomic mass is 35.5. The number of carbonyl (C=O) groups is 1. The lowest BCUT2D eigenvalue weighted by molar-refractivity contribution is -0.385. The first kappa shape index (κ1) is 14.1. The first-order valence-electron chi connectivity index (χ1n) is 5.21. The van der Waals surface area contributed by atoms with Crippen LogP contribution in [0.25, 0.3) is 6.08 Å². The van der Waals surface area contributed by atoms with Gasteiger partial charge in [-0.2, -0.15) is 0 Å². The first-order valence-corrected chi connectivity index (χ1v) is 5.59. The van der Waals surface area contributed by atoms with Gasteiger partial charge in [0.25, 0.3) is 5.69 Å². The maximum Gasteiger partial charge on any atom is 0.288 e. The quantitative estimate of drug-likeness (QED) is 0.384. The second-order valence-corrected chi connectivity index (χ2v) is 3.86. The van der Waals surface area contributed by atoms with E-state index in [1.165, 1.54) is 13.0 Å². The molecule has 1 amide bonds. The molecule has 7 heteroatoms. The summed E-state index contributed by atoms with van der Waals surface area (Å²) in [6.45, 7) is 1.94. The Morgan fingerprint density at radius 1 is 1.67 bits per heavy atom. The van der Waals surface area contributed by atoms with Crippen LogP contribution in [0.5, 0.6) is 0 Å². The smallest absolute Gasteiger partial charge is 0.288 e. The van der Waals surface area contributed by atoms with Gasteiger partial charge in [0.1, 0.15) is 11.3 Å². The monoisotopic (exact) mass is 269 g/mol. The molecule has 1 aromatic rings. The first-order chi connectivity index (χ1) is 8.50. The zero-order valence-electron chi connectivity index (χ0n) is 9.72. The van der Waals surface area contributed by atoms with Gasteiger partial charge in [0.05, 0.1) is 4.92 Å². The molecule has 0 atom stereocenters. The molecule has 0 saturated heterocycles. The van der Waals surface area contributed by atoms with Crippen LogP contribution in [-0.2, 0) is 4.79 Å². The molecule has 0 bridgehead atoms. The number of aromatic nitrogens is 1. The number of nitrogens with zero attached hydrogens (tertiary/aromatic N) is 2. The molecular formula is C11H12ClN3O3. The molecular weight excluding hydrogens is 258 g/mol. The third-order valence-electron chi connectivity index (χ3n) is 2.04. The molecule has 0 aliphatic rings. The van der Waals surface area contributed by atoms with E-state index in [1.54, 1.807) is 12.2 Å². The predicted molar refractivity (Wildman–Crippen MR) is 68.2 cm³/mol. The van der Waals surface area contributed by atoms with E-state index in [4.69, 9.17) is 11.6 Å². The average Bonchev–Trinajstić information content (AvgIpc) is 2.30. The van der Waals surface area contributed by atoms with Crippen LogP contribution >= 0.6 is 11.6 Å². The van der Waals surface area contributed by atoms with Gasteiger partial charge < -0.3 is 5.32 Å². The molecule has 96 valence electrons. The van der Waals surface area contributed by atoms with Gasteiger partial charge >= 0.3 is 0 Å². The molecule has 0 fully saturated rings. The number of pyridine rings is 1. The average molecular weight is 270 g/mol. The minimum Gasteiger partial charge on any atom is -0.356 e. The van der Waals surface area contributed by atoms with Gasteiger partial charge in [-0.15, -0.1) is 0 Å². The molecule has 0 aromatic carbocycles. The maximum atomic E-state index is 10.6. The van der Waals surface area contributed by atoms with E-state index in [9.17, 15) is 14.9 Å². The van der Waals surface area contributed by atoms with E-state index in [-0.39, 0.29) is 16.7 Å². The van der Waals surface area contributed by atoms with Gasteiger partial charge in [0.2, 0.25) is 5.91 Å². The number of nitrogens with one attached hydrogen (secondary N) is 1. The van der Waals surface area contributed by atoms with Crippen molar-refractivity contribution in [2.45, 2.75) is 13.3 Å². The Morgan fingerprint density at radius 3 is 3.00 bits per heavy atom. The number of carbonyl (C=O) groups excluding carboxylic acids is 1. The number of rotatable bonds is 5. The van der Waals surface area contributed by atoms with Crippen molar-refractivity contribution in [3.05, 3.63) is 39.2 Å². The lowest BCUT2D eigenvalue weighted by atomic mass is 10.2. The second kappa shape index (κ2) is 6.70. The molecule has 1 rings (SSSR count). The summed E-state index contributed by atoms with van der Waals surface area (Å²) in [5.41, 5.74) is 0.370. The Bertz CT molecular complexity index is 488. The standard InChI is InChI=1S/C11H12ClN3O3/c1-8(16)13-5-3-2-4-9-6-10(15(17)18)7-14-11(9)12/h2,4,6-7H,3,5H2,1H3,(H,13,16). The van der Waals surface area contributed by atoms with E-state index in [2.05, 4.69) is 10.3 Å². The SMILES string of the molecule is CC(=O)NCCC=Cc1cc([N+](=O)[O-])cnc1Cl. The van der Waals surface area contributed by atoms with E-state index in [1.807, 2.05) is 0 Å². The number of hydrogen-bond donors (Lipinski definition) is 1. The van der Waals surface area contributed by atoms with Gasteiger partial charge in [-0.1, -0.05) is 23.8 Å². The fraction of sp³-hybridized carbons (Fsp3) is 0.273. The highest BCUT2D eigenvalue weighted by Gasteiger charge is 2.08. The fourth-order valence-corrected chi connectivity index (χ4v) is 1.38.